The second-order valence-corrected chi connectivity index (χ2v) is 9.69. The van der Waals surface area contributed by atoms with Gasteiger partial charge in [-0.05, 0) is 42.3 Å². The monoisotopic (exact) mass is 581 g/mol. The number of carboxylic acid groups (broad SMARTS) is 1. The molecule has 0 spiro atoms. The molecule has 0 saturated heterocycles. The van der Waals surface area contributed by atoms with Crippen molar-refractivity contribution in [2.75, 3.05) is 20.3 Å². The SMILES string of the molecule is COCCNC(=O)c1cc(F)c(C(=O)N[C@@H](Cc2ccc(-c3ccc(C)cc3Cl)c3ncccc23)C(=O)O)c(F)c1. The maximum absolute atomic E-state index is 14.8. The van der Waals surface area contributed by atoms with E-state index in [-0.39, 0.29) is 25.1 Å². The van der Waals surface area contributed by atoms with Crippen molar-refractivity contribution in [1.29, 1.82) is 0 Å². The molecule has 3 aromatic carbocycles. The zero-order valence-corrected chi connectivity index (χ0v) is 22.9. The molecule has 1 atom stereocenters. The molecule has 0 saturated carbocycles. The summed E-state index contributed by atoms with van der Waals surface area (Å²) >= 11 is 6.49. The van der Waals surface area contributed by atoms with Crippen LogP contribution in [0.1, 0.15) is 31.8 Å². The average Bonchev–Trinajstić information content (AvgIpc) is 2.92. The Balaban J connectivity index is 1.60. The number of fused-ring (bicyclic) bond motifs is 1. The van der Waals surface area contributed by atoms with Gasteiger partial charge in [-0.3, -0.25) is 14.6 Å². The highest BCUT2D eigenvalue weighted by molar-refractivity contribution is 6.33. The molecule has 3 N–H and O–H groups in total. The van der Waals surface area contributed by atoms with Gasteiger partial charge >= 0.3 is 5.97 Å². The number of ether oxygens (including phenoxy) is 1. The number of pyridine rings is 1. The van der Waals surface area contributed by atoms with Crippen molar-refractivity contribution in [2.45, 2.75) is 19.4 Å². The lowest BCUT2D eigenvalue weighted by molar-refractivity contribution is -0.139. The van der Waals surface area contributed by atoms with Crippen LogP contribution in [-0.4, -0.2) is 54.2 Å². The van der Waals surface area contributed by atoms with Crippen molar-refractivity contribution in [2.24, 2.45) is 0 Å². The summed E-state index contributed by atoms with van der Waals surface area (Å²) in [5.74, 6) is -6.05. The lowest BCUT2D eigenvalue weighted by Crippen LogP contribution is -2.43. The van der Waals surface area contributed by atoms with Crippen molar-refractivity contribution >= 4 is 40.3 Å². The van der Waals surface area contributed by atoms with Gasteiger partial charge in [-0.25, -0.2) is 13.6 Å². The van der Waals surface area contributed by atoms with Gasteiger partial charge in [0.1, 0.15) is 23.2 Å². The molecule has 2 amide bonds. The van der Waals surface area contributed by atoms with Crippen molar-refractivity contribution in [3.63, 3.8) is 0 Å². The van der Waals surface area contributed by atoms with Gasteiger partial charge in [0.15, 0.2) is 0 Å². The maximum atomic E-state index is 14.8. The molecule has 11 heteroatoms. The summed E-state index contributed by atoms with van der Waals surface area (Å²) in [7, 11) is 1.43. The van der Waals surface area contributed by atoms with Gasteiger partial charge in [0.05, 0.1) is 12.1 Å². The number of aliphatic carboxylic acids is 1. The number of aromatic nitrogens is 1. The molecule has 1 aromatic heterocycles. The molecule has 0 aliphatic heterocycles. The van der Waals surface area contributed by atoms with Crippen LogP contribution in [0.15, 0.2) is 60.8 Å². The number of amides is 2. The second-order valence-electron chi connectivity index (χ2n) is 9.29. The number of halogens is 3. The lowest BCUT2D eigenvalue weighted by Gasteiger charge is -2.18. The molecule has 41 heavy (non-hydrogen) atoms. The van der Waals surface area contributed by atoms with E-state index in [1.165, 1.54) is 7.11 Å². The first-order valence-corrected chi connectivity index (χ1v) is 12.9. The molecule has 0 unspecified atom stereocenters. The van der Waals surface area contributed by atoms with Crippen molar-refractivity contribution < 1.29 is 33.0 Å². The number of hydrogen-bond acceptors (Lipinski definition) is 5. The fraction of sp³-hybridized carbons (Fsp3) is 0.200. The molecule has 0 fully saturated rings. The Labute approximate surface area is 239 Å². The average molecular weight is 582 g/mol. The summed E-state index contributed by atoms with van der Waals surface area (Å²) in [5, 5.41) is 15.6. The van der Waals surface area contributed by atoms with E-state index in [0.29, 0.717) is 33.6 Å². The van der Waals surface area contributed by atoms with Crippen LogP contribution in [0.4, 0.5) is 8.78 Å². The van der Waals surface area contributed by atoms with Gasteiger partial charge in [0, 0.05) is 53.4 Å². The standard InChI is InChI=1S/C30H26ClF2N3O5/c1-16-5-7-20(22(31)12-16)21-8-6-17(19-4-3-9-34-27(19)21)15-25(30(39)40)36-29(38)26-23(32)13-18(14-24(26)33)28(37)35-10-11-41-2/h3-9,12-14,25H,10-11,15H2,1-2H3,(H,35,37)(H,36,38)(H,39,40)/t25-/m0/s1. The number of aryl methyl sites for hydroxylation is 1. The van der Waals surface area contributed by atoms with E-state index in [1.807, 2.05) is 25.1 Å². The number of carbonyl (C=O) groups is 3. The Morgan fingerprint density at radius 2 is 1.73 bits per heavy atom. The quantitative estimate of drug-likeness (QED) is 0.228. The smallest absolute Gasteiger partial charge is 0.326 e. The maximum Gasteiger partial charge on any atom is 0.326 e. The molecular weight excluding hydrogens is 556 g/mol. The van der Waals surface area contributed by atoms with Crippen molar-refractivity contribution in [3.05, 3.63) is 99.7 Å². The van der Waals surface area contributed by atoms with Gasteiger partial charge in [-0.15, -0.1) is 0 Å². The summed E-state index contributed by atoms with van der Waals surface area (Å²) in [4.78, 5) is 41.6. The van der Waals surface area contributed by atoms with Gasteiger partial charge in [-0.2, -0.15) is 0 Å². The van der Waals surface area contributed by atoms with Crippen LogP contribution in [-0.2, 0) is 16.0 Å². The Morgan fingerprint density at radius 3 is 2.39 bits per heavy atom. The Bertz CT molecular complexity index is 1620. The van der Waals surface area contributed by atoms with Crippen LogP contribution in [0.5, 0.6) is 0 Å². The third-order valence-electron chi connectivity index (χ3n) is 6.43. The van der Waals surface area contributed by atoms with E-state index in [0.717, 1.165) is 16.7 Å². The fourth-order valence-electron chi connectivity index (χ4n) is 4.41. The third-order valence-corrected chi connectivity index (χ3v) is 6.74. The van der Waals surface area contributed by atoms with Crippen LogP contribution in [0.3, 0.4) is 0 Å². The highest BCUT2D eigenvalue weighted by Gasteiger charge is 2.27. The Kier molecular flexibility index (Phi) is 9.26. The van der Waals surface area contributed by atoms with E-state index in [2.05, 4.69) is 15.6 Å². The molecule has 0 radical (unpaired) electrons. The molecule has 4 aromatic rings. The van der Waals surface area contributed by atoms with Crippen LogP contribution < -0.4 is 10.6 Å². The predicted molar refractivity (Wildman–Crippen MR) is 150 cm³/mol. The molecule has 8 nitrogen and oxygen atoms in total. The summed E-state index contributed by atoms with van der Waals surface area (Å²) in [6.07, 6.45) is 1.40. The Morgan fingerprint density at radius 1 is 1.02 bits per heavy atom. The minimum absolute atomic E-state index is 0.115. The minimum atomic E-state index is -1.53. The number of hydrogen-bond donors (Lipinski definition) is 3. The van der Waals surface area contributed by atoms with Crippen molar-refractivity contribution in [1.82, 2.24) is 15.6 Å². The van der Waals surface area contributed by atoms with Crippen LogP contribution in [0.25, 0.3) is 22.0 Å². The zero-order valence-electron chi connectivity index (χ0n) is 22.1. The van der Waals surface area contributed by atoms with E-state index in [4.69, 9.17) is 16.3 Å². The highest BCUT2D eigenvalue weighted by atomic mass is 35.5. The number of carboxylic acids is 1. The Hall–Kier alpha value is -4.41. The first kappa shape index (κ1) is 29.6. The van der Waals surface area contributed by atoms with E-state index >= 15 is 0 Å². The molecular formula is C30H26ClF2N3O5. The van der Waals surface area contributed by atoms with E-state index < -0.39 is 41.0 Å². The molecule has 0 aliphatic rings. The van der Waals surface area contributed by atoms with Crippen LogP contribution in [0, 0.1) is 18.6 Å². The zero-order chi connectivity index (χ0) is 29.7. The van der Waals surface area contributed by atoms with Crippen LogP contribution in [0.2, 0.25) is 5.02 Å². The van der Waals surface area contributed by atoms with Gasteiger partial charge in [-0.1, -0.05) is 41.9 Å². The summed E-state index contributed by atoms with van der Waals surface area (Å²) in [6.45, 7) is 2.23. The second kappa shape index (κ2) is 12.8. The topological polar surface area (TPSA) is 118 Å². The largest absolute Gasteiger partial charge is 0.480 e. The molecule has 212 valence electrons. The van der Waals surface area contributed by atoms with E-state index in [9.17, 15) is 28.3 Å². The third kappa shape index (κ3) is 6.67. The number of methoxy groups -OCH3 is 1. The van der Waals surface area contributed by atoms with Crippen LogP contribution >= 0.6 is 11.6 Å². The van der Waals surface area contributed by atoms with Crippen molar-refractivity contribution in [3.8, 4) is 11.1 Å². The number of nitrogens with zero attached hydrogens (tertiary/aromatic N) is 1. The van der Waals surface area contributed by atoms with E-state index in [1.54, 1.807) is 30.5 Å². The first-order valence-electron chi connectivity index (χ1n) is 12.5. The minimum Gasteiger partial charge on any atom is -0.480 e. The molecule has 0 aliphatic carbocycles. The summed E-state index contributed by atoms with van der Waals surface area (Å²) < 4.78 is 34.4. The summed E-state index contributed by atoms with van der Waals surface area (Å²) in [6, 6.07) is 12.4. The molecule has 1 heterocycles. The van der Waals surface area contributed by atoms with Gasteiger partial charge in [0.2, 0.25) is 0 Å². The molecule has 4 rings (SSSR count). The number of nitrogens with one attached hydrogen (secondary N) is 2. The predicted octanol–water partition coefficient (Wildman–Crippen LogP) is 4.94. The molecule has 0 bridgehead atoms. The fourth-order valence-corrected chi connectivity index (χ4v) is 4.74. The summed E-state index contributed by atoms with van der Waals surface area (Å²) in [5.41, 5.74) is 2.24. The number of benzene rings is 3. The highest BCUT2D eigenvalue weighted by Crippen LogP contribution is 2.34. The number of rotatable bonds is 10. The van der Waals surface area contributed by atoms with Gasteiger partial charge < -0.3 is 20.5 Å². The lowest BCUT2D eigenvalue weighted by atomic mass is 9.94. The van der Waals surface area contributed by atoms with Gasteiger partial charge in [0.25, 0.3) is 11.8 Å². The normalized spacial score (nSPS) is 11.7. The first-order chi connectivity index (χ1) is 19.6. The number of carbonyl (C=O) groups excluding carboxylic acids is 2.